The van der Waals surface area contributed by atoms with E-state index < -0.39 is 0 Å². The van der Waals surface area contributed by atoms with E-state index in [4.69, 9.17) is 5.26 Å². The van der Waals surface area contributed by atoms with E-state index in [0.29, 0.717) is 11.3 Å². The quantitative estimate of drug-likeness (QED) is 0.765. The van der Waals surface area contributed by atoms with Crippen LogP contribution in [0.2, 0.25) is 0 Å². The van der Waals surface area contributed by atoms with E-state index in [2.05, 4.69) is 6.07 Å². The monoisotopic (exact) mass is 257 g/mol. The van der Waals surface area contributed by atoms with Crippen LogP contribution in [-0.4, -0.2) is 0 Å². The second-order valence-electron chi connectivity index (χ2n) is 4.07. The van der Waals surface area contributed by atoms with Crippen LogP contribution in [0.3, 0.4) is 0 Å². The highest BCUT2D eigenvalue weighted by Gasteiger charge is 2.02. The summed E-state index contributed by atoms with van der Waals surface area (Å²) in [6.07, 6.45) is 0. The Balaban J connectivity index is 2.11. The first-order valence-electron chi connectivity index (χ1n) is 5.56. The van der Waals surface area contributed by atoms with Gasteiger partial charge in [0.2, 0.25) is 0 Å². The highest BCUT2D eigenvalue weighted by molar-refractivity contribution is 7.98. The SMILES string of the molecule is Cc1cccc(SCc2cc(F)cc(C#N)c2)c1. The van der Waals surface area contributed by atoms with Crippen molar-refractivity contribution in [1.29, 1.82) is 5.26 Å². The van der Waals surface area contributed by atoms with Gasteiger partial charge in [0.15, 0.2) is 0 Å². The van der Waals surface area contributed by atoms with E-state index in [9.17, 15) is 4.39 Å². The minimum absolute atomic E-state index is 0.353. The molecule has 0 bridgehead atoms. The van der Waals surface area contributed by atoms with Crippen LogP contribution in [0.1, 0.15) is 16.7 Å². The minimum Gasteiger partial charge on any atom is -0.207 e. The van der Waals surface area contributed by atoms with Gasteiger partial charge in [0.05, 0.1) is 11.6 Å². The molecule has 0 heterocycles. The molecule has 0 aliphatic heterocycles. The third kappa shape index (κ3) is 3.35. The van der Waals surface area contributed by atoms with E-state index in [1.807, 2.05) is 31.2 Å². The van der Waals surface area contributed by atoms with Crippen LogP contribution >= 0.6 is 11.8 Å². The summed E-state index contributed by atoms with van der Waals surface area (Å²) in [4.78, 5) is 1.15. The Hall–Kier alpha value is -1.79. The van der Waals surface area contributed by atoms with Crippen molar-refractivity contribution in [3.8, 4) is 6.07 Å². The predicted molar refractivity (Wildman–Crippen MR) is 71.9 cm³/mol. The fourth-order valence-electron chi connectivity index (χ4n) is 1.67. The van der Waals surface area contributed by atoms with E-state index in [1.54, 1.807) is 17.8 Å². The molecular formula is C15H12FNS. The van der Waals surface area contributed by atoms with Crippen LogP contribution in [0.25, 0.3) is 0 Å². The number of hydrogen-bond acceptors (Lipinski definition) is 2. The second kappa shape index (κ2) is 5.70. The summed E-state index contributed by atoms with van der Waals surface area (Å²) in [5, 5.41) is 8.78. The number of aryl methyl sites for hydroxylation is 1. The lowest BCUT2D eigenvalue weighted by Gasteiger charge is -2.04. The van der Waals surface area contributed by atoms with Crippen molar-refractivity contribution < 1.29 is 4.39 Å². The average molecular weight is 257 g/mol. The normalized spacial score (nSPS) is 10.1. The van der Waals surface area contributed by atoms with Crippen molar-refractivity contribution in [1.82, 2.24) is 0 Å². The van der Waals surface area contributed by atoms with E-state index in [0.717, 1.165) is 10.5 Å². The molecule has 90 valence electrons. The van der Waals surface area contributed by atoms with Gasteiger partial charge in [-0.1, -0.05) is 17.7 Å². The summed E-state index contributed by atoms with van der Waals surface area (Å²) in [5.74, 6) is 0.310. The number of halogens is 1. The van der Waals surface area contributed by atoms with Crippen LogP contribution in [0.4, 0.5) is 4.39 Å². The zero-order valence-corrected chi connectivity index (χ0v) is 10.8. The molecule has 0 saturated carbocycles. The molecule has 0 spiro atoms. The van der Waals surface area contributed by atoms with Crippen molar-refractivity contribution in [2.24, 2.45) is 0 Å². The molecule has 0 aromatic heterocycles. The molecule has 0 radical (unpaired) electrons. The largest absolute Gasteiger partial charge is 0.207 e. The van der Waals surface area contributed by atoms with Crippen molar-refractivity contribution in [2.75, 3.05) is 0 Å². The van der Waals surface area contributed by atoms with Crippen molar-refractivity contribution >= 4 is 11.8 Å². The molecule has 0 atom stereocenters. The Kier molecular flexibility index (Phi) is 4.01. The summed E-state index contributed by atoms with van der Waals surface area (Å²) in [5.41, 5.74) is 2.41. The molecular weight excluding hydrogens is 245 g/mol. The fourth-order valence-corrected chi connectivity index (χ4v) is 2.61. The van der Waals surface area contributed by atoms with Crippen molar-refractivity contribution in [3.63, 3.8) is 0 Å². The highest BCUT2D eigenvalue weighted by atomic mass is 32.2. The average Bonchev–Trinajstić information content (AvgIpc) is 2.36. The summed E-state index contributed by atoms with van der Waals surface area (Å²) in [6.45, 7) is 2.04. The van der Waals surface area contributed by atoms with Gasteiger partial charge in [-0.25, -0.2) is 4.39 Å². The molecule has 0 saturated heterocycles. The molecule has 0 N–H and O–H groups in total. The van der Waals surface area contributed by atoms with Gasteiger partial charge >= 0.3 is 0 Å². The molecule has 1 nitrogen and oxygen atoms in total. The van der Waals surface area contributed by atoms with Gasteiger partial charge in [-0.2, -0.15) is 5.26 Å². The summed E-state index contributed by atoms with van der Waals surface area (Å²) in [7, 11) is 0. The Bertz CT molecular complexity index is 602. The van der Waals surface area contributed by atoms with Gasteiger partial charge in [-0.15, -0.1) is 11.8 Å². The summed E-state index contributed by atoms with van der Waals surface area (Å²) in [6, 6.07) is 14.6. The van der Waals surface area contributed by atoms with Crippen LogP contribution in [0.5, 0.6) is 0 Å². The Labute approximate surface area is 110 Å². The molecule has 0 aliphatic carbocycles. The number of benzene rings is 2. The molecule has 0 unspecified atom stereocenters. The maximum Gasteiger partial charge on any atom is 0.124 e. The maximum atomic E-state index is 13.2. The van der Waals surface area contributed by atoms with Crippen molar-refractivity contribution in [2.45, 2.75) is 17.6 Å². The Morgan fingerprint density at radius 1 is 1.22 bits per heavy atom. The first-order chi connectivity index (χ1) is 8.67. The van der Waals surface area contributed by atoms with Crippen LogP contribution in [-0.2, 0) is 5.75 Å². The van der Waals surface area contributed by atoms with Gasteiger partial charge < -0.3 is 0 Å². The smallest absolute Gasteiger partial charge is 0.124 e. The van der Waals surface area contributed by atoms with Gasteiger partial charge in [0.25, 0.3) is 0 Å². The molecule has 2 aromatic rings. The van der Waals surface area contributed by atoms with Crippen molar-refractivity contribution in [3.05, 3.63) is 65.0 Å². The lowest BCUT2D eigenvalue weighted by molar-refractivity contribution is 0.626. The van der Waals surface area contributed by atoms with Crippen LogP contribution < -0.4 is 0 Å². The third-order valence-corrected chi connectivity index (χ3v) is 3.55. The van der Waals surface area contributed by atoms with Crippen LogP contribution in [0, 0.1) is 24.1 Å². The highest BCUT2D eigenvalue weighted by Crippen LogP contribution is 2.24. The first kappa shape index (κ1) is 12.7. The number of thioether (sulfide) groups is 1. The van der Waals surface area contributed by atoms with Crippen LogP contribution in [0.15, 0.2) is 47.4 Å². The third-order valence-electron chi connectivity index (χ3n) is 2.48. The van der Waals surface area contributed by atoms with E-state index in [1.165, 1.54) is 17.7 Å². The molecule has 0 amide bonds. The van der Waals surface area contributed by atoms with E-state index in [-0.39, 0.29) is 5.82 Å². The number of rotatable bonds is 3. The molecule has 18 heavy (non-hydrogen) atoms. The lowest BCUT2D eigenvalue weighted by atomic mass is 10.1. The molecule has 2 rings (SSSR count). The number of hydrogen-bond donors (Lipinski definition) is 0. The van der Waals surface area contributed by atoms with Gasteiger partial charge in [0.1, 0.15) is 5.82 Å². The first-order valence-corrected chi connectivity index (χ1v) is 6.55. The molecule has 0 aliphatic rings. The maximum absolute atomic E-state index is 13.2. The fraction of sp³-hybridized carbons (Fsp3) is 0.133. The van der Waals surface area contributed by atoms with Gasteiger partial charge in [0, 0.05) is 10.6 Å². The minimum atomic E-state index is -0.353. The topological polar surface area (TPSA) is 23.8 Å². The standard InChI is InChI=1S/C15H12FNS/c1-11-3-2-4-15(5-11)18-10-13-6-12(9-17)7-14(16)8-13/h2-8H,10H2,1H3. The summed E-state index contributed by atoms with van der Waals surface area (Å²) >= 11 is 1.64. The zero-order chi connectivity index (χ0) is 13.0. The second-order valence-corrected chi connectivity index (χ2v) is 5.11. The molecule has 3 heteroatoms. The number of nitrogens with zero attached hydrogens (tertiary/aromatic N) is 1. The summed E-state index contributed by atoms with van der Waals surface area (Å²) < 4.78 is 13.2. The van der Waals surface area contributed by atoms with E-state index >= 15 is 0 Å². The zero-order valence-electron chi connectivity index (χ0n) is 9.98. The Morgan fingerprint density at radius 3 is 2.78 bits per heavy atom. The lowest BCUT2D eigenvalue weighted by Crippen LogP contribution is -1.86. The Morgan fingerprint density at radius 2 is 2.06 bits per heavy atom. The van der Waals surface area contributed by atoms with Gasteiger partial charge in [-0.05, 0) is 42.8 Å². The predicted octanol–water partition coefficient (Wildman–Crippen LogP) is 4.30. The van der Waals surface area contributed by atoms with Gasteiger partial charge in [-0.3, -0.25) is 0 Å². The molecule has 2 aromatic carbocycles. The number of nitriles is 1. The molecule has 0 fully saturated rings.